The SMILES string of the molecule is O=C(O)COc1ccc(Cc2ccc(C(=O)P(=O)(O)O)s2)cc1. The van der Waals surface area contributed by atoms with Gasteiger partial charge in [-0.25, -0.2) is 4.79 Å². The van der Waals surface area contributed by atoms with Gasteiger partial charge in [-0.1, -0.05) is 12.1 Å². The highest BCUT2D eigenvalue weighted by molar-refractivity contribution is 7.71. The molecule has 7 nitrogen and oxygen atoms in total. The van der Waals surface area contributed by atoms with Crippen LogP contribution >= 0.6 is 18.9 Å². The van der Waals surface area contributed by atoms with Crippen LogP contribution in [0.15, 0.2) is 36.4 Å². The molecule has 0 amide bonds. The molecule has 2 rings (SSSR count). The minimum atomic E-state index is -4.76. The number of carbonyl (C=O) groups excluding carboxylic acids is 1. The van der Waals surface area contributed by atoms with E-state index in [9.17, 15) is 14.2 Å². The average molecular weight is 356 g/mol. The molecule has 0 atom stereocenters. The lowest BCUT2D eigenvalue weighted by atomic mass is 10.1. The number of ether oxygens (including phenoxy) is 1. The summed E-state index contributed by atoms with van der Waals surface area (Å²) in [4.78, 5) is 40.4. The topological polar surface area (TPSA) is 121 Å². The summed E-state index contributed by atoms with van der Waals surface area (Å²) >= 11 is 1.03. The second kappa shape index (κ2) is 7.06. The number of hydrogen-bond acceptors (Lipinski definition) is 5. The van der Waals surface area contributed by atoms with Crippen molar-refractivity contribution in [1.29, 1.82) is 0 Å². The van der Waals surface area contributed by atoms with Crippen LogP contribution in [0.4, 0.5) is 0 Å². The minimum Gasteiger partial charge on any atom is -0.482 e. The maximum Gasteiger partial charge on any atom is 0.397 e. The van der Waals surface area contributed by atoms with Gasteiger partial charge < -0.3 is 19.6 Å². The van der Waals surface area contributed by atoms with Crippen molar-refractivity contribution in [3.05, 3.63) is 51.7 Å². The molecule has 0 saturated carbocycles. The number of carboxylic acid groups (broad SMARTS) is 1. The molecule has 1 heterocycles. The van der Waals surface area contributed by atoms with Crippen LogP contribution in [0.1, 0.15) is 20.1 Å². The molecule has 3 N–H and O–H groups in total. The van der Waals surface area contributed by atoms with Crippen molar-refractivity contribution in [3.63, 3.8) is 0 Å². The highest BCUT2D eigenvalue weighted by Gasteiger charge is 2.28. The number of carbonyl (C=O) groups is 2. The molecule has 0 aliphatic carbocycles. The number of hydrogen-bond donors (Lipinski definition) is 3. The molecule has 9 heteroatoms. The van der Waals surface area contributed by atoms with Gasteiger partial charge in [-0.05, 0) is 29.8 Å². The summed E-state index contributed by atoms with van der Waals surface area (Å²) < 4.78 is 16.0. The predicted molar refractivity (Wildman–Crippen MR) is 83.1 cm³/mol. The molecule has 0 radical (unpaired) electrons. The van der Waals surface area contributed by atoms with Gasteiger partial charge in [-0.3, -0.25) is 9.36 Å². The third kappa shape index (κ3) is 5.01. The van der Waals surface area contributed by atoms with Gasteiger partial charge in [0.15, 0.2) is 6.61 Å². The Hall–Kier alpha value is -1.99. The van der Waals surface area contributed by atoms with E-state index in [1.54, 1.807) is 30.3 Å². The normalized spacial score (nSPS) is 11.2. The lowest BCUT2D eigenvalue weighted by molar-refractivity contribution is -0.139. The third-order valence-corrected chi connectivity index (χ3v) is 4.81. The molecule has 0 aliphatic heterocycles. The zero-order chi connectivity index (χ0) is 17.0. The summed E-state index contributed by atoms with van der Waals surface area (Å²) in [6.07, 6.45) is 0.484. The van der Waals surface area contributed by atoms with Crippen molar-refractivity contribution < 1.29 is 33.8 Å². The lowest BCUT2D eigenvalue weighted by Gasteiger charge is -2.04. The summed E-state index contributed by atoms with van der Waals surface area (Å²) in [5.41, 5.74) is -0.282. The summed E-state index contributed by atoms with van der Waals surface area (Å²) in [5.74, 6) is -0.630. The molecule has 0 unspecified atom stereocenters. The molecule has 0 aliphatic rings. The van der Waals surface area contributed by atoms with Gasteiger partial charge in [0.05, 0.1) is 4.88 Å². The van der Waals surface area contributed by atoms with Crippen molar-refractivity contribution in [3.8, 4) is 5.75 Å². The van der Waals surface area contributed by atoms with Crippen LogP contribution in [-0.2, 0) is 15.8 Å². The molecular weight excluding hydrogens is 343 g/mol. The molecule has 0 bridgehead atoms. The number of aliphatic carboxylic acids is 1. The molecule has 0 spiro atoms. The van der Waals surface area contributed by atoms with E-state index in [4.69, 9.17) is 19.6 Å². The van der Waals surface area contributed by atoms with E-state index in [0.29, 0.717) is 12.2 Å². The molecule has 0 fully saturated rings. The van der Waals surface area contributed by atoms with Crippen molar-refractivity contribution in [2.75, 3.05) is 6.61 Å². The van der Waals surface area contributed by atoms with E-state index < -0.39 is 25.7 Å². The number of thiophene rings is 1. The van der Waals surface area contributed by atoms with Gasteiger partial charge in [0.1, 0.15) is 5.75 Å². The maximum atomic E-state index is 11.5. The van der Waals surface area contributed by atoms with Crippen molar-refractivity contribution >= 4 is 30.4 Å². The van der Waals surface area contributed by atoms with Crippen LogP contribution in [0.2, 0.25) is 0 Å². The summed E-state index contributed by atoms with van der Waals surface area (Å²) in [6.45, 7) is -0.419. The third-order valence-electron chi connectivity index (χ3n) is 2.80. The zero-order valence-corrected chi connectivity index (χ0v) is 13.4. The maximum absolute atomic E-state index is 11.5. The van der Waals surface area contributed by atoms with Crippen molar-refractivity contribution in [2.45, 2.75) is 6.42 Å². The van der Waals surface area contributed by atoms with Crippen LogP contribution < -0.4 is 4.74 Å². The highest BCUT2D eigenvalue weighted by atomic mass is 32.1. The molecule has 23 heavy (non-hydrogen) atoms. The smallest absolute Gasteiger partial charge is 0.397 e. The Balaban J connectivity index is 2.03. The summed E-state index contributed by atoms with van der Waals surface area (Å²) in [5, 5.41) is 8.52. The van der Waals surface area contributed by atoms with Gasteiger partial charge in [0.25, 0.3) is 5.52 Å². The number of rotatable bonds is 7. The van der Waals surface area contributed by atoms with E-state index in [0.717, 1.165) is 21.8 Å². The van der Waals surface area contributed by atoms with E-state index in [-0.39, 0.29) is 4.88 Å². The second-order valence-electron chi connectivity index (χ2n) is 4.62. The van der Waals surface area contributed by atoms with E-state index in [1.165, 1.54) is 6.07 Å². The molecule has 0 saturated heterocycles. The Morgan fingerprint density at radius 2 is 1.74 bits per heavy atom. The largest absolute Gasteiger partial charge is 0.482 e. The van der Waals surface area contributed by atoms with Crippen molar-refractivity contribution in [2.24, 2.45) is 0 Å². The van der Waals surface area contributed by atoms with Crippen molar-refractivity contribution in [1.82, 2.24) is 0 Å². The Labute approximate surface area is 135 Å². The van der Waals surface area contributed by atoms with Crippen LogP contribution in [0, 0.1) is 0 Å². The zero-order valence-electron chi connectivity index (χ0n) is 11.7. The minimum absolute atomic E-state index is 0.0229. The van der Waals surface area contributed by atoms with E-state index in [1.807, 2.05) is 0 Å². The van der Waals surface area contributed by atoms with E-state index in [2.05, 4.69) is 0 Å². The fraction of sp³-hybridized carbons (Fsp3) is 0.143. The quantitative estimate of drug-likeness (QED) is 0.650. The van der Waals surface area contributed by atoms with Crippen LogP contribution in [0.3, 0.4) is 0 Å². The van der Waals surface area contributed by atoms with Crippen LogP contribution in [-0.4, -0.2) is 33.0 Å². The Bertz CT molecular complexity index is 760. The predicted octanol–water partition coefficient (Wildman–Crippen LogP) is 2.12. The summed E-state index contributed by atoms with van der Waals surface area (Å²) in [6, 6.07) is 9.80. The lowest BCUT2D eigenvalue weighted by Crippen LogP contribution is -2.09. The molecule has 122 valence electrons. The fourth-order valence-electron chi connectivity index (χ4n) is 1.78. The van der Waals surface area contributed by atoms with Gasteiger partial charge in [-0.15, -0.1) is 11.3 Å². The Morgan fingerprint density at radius 3 is 2.30 bits per heavy atom. The summed E-state index contributed by atoms with van der Waals surface area (Å²) in [7, 11) is -4.76. The first kappa shape index (κ1) is 17.4. The molecule has 1 aromatic heterocycles. The van der Waals surface area contributed by atoms with Gasteiger partial charge in [0, 0.05) is 11.3 Å². The first-order valence-electron chi connectivity index (χ1n) is 6.38. The standard InChI is InChI=1S/C14H13O7PS/c15-13(16)8-21-10-3-1-9(2-4-10)7-11-5-6-12(23-11)14(17)22(18,19)20/h1-6H,7-8H2,(H,15,16)(H2,18,19,20). The average Bonchev–Trinajstić information content (AvgIpc) is 2.93. The molecule has 2 aromatic rings. The monoisotopic (exact) mass is 356 g/mol. The Kier molecular flexibility index (Phi) is 5.33. The van der Waals surface area contributed by atoms with Crippen LogP contribution in [0.25, 0.3) is 0 Å². The number of carboxylic acids is 1. The molecule has 1 aromatic carbocycles. The first-order chi connectivity index (χ1) is 10.8. The fourth-order valence-corrected chi connectivity index (χ4v) is 3.52. The highest BCUT2D eigenvalue weighted by Crippen LogP contribution is 2.41. The van der Waals surface area contributed by atoms with Crippen LogP contribution in [0.5, 0.6) is 5.75 Å². The van der Waals surface area contributed by atoms with E-state index >= 15 is 0 Å². The van der Waals surface area contributed by atoms with Gasteiger partial charge >= 0.3 is 13.6 Å². The second-order valence-corrected chi connectivity index (χ2v) is 7.28. The number of benzene rings is 1. The molecular formula is C14H13O7PS. The van der Waals surface area contributed by atoms with Gasteiger partial charge in [-0.2, -0.15) is 0 Å². The van der Waals surface area contributed by atoms with Gasteiger partial charge in [0.2, 0.25) is 0 Å². The Morgan fingerprint density at radius 1 is 1.09 bits per heavy atom. The first-order valence-corrected chi connectivity index (χ1v) is 8.81.